The molecule has 0 aromatic heterocycles. The van der Waals surface area contributed by atoms with Crippen LogP contribution in [0.1, 0.15) is 17.3 Å². The fourth-order valence-corrected chi connectivity index (χ4v) is 2.64. The highest BCUT2D eigenvalue weighted by atomic mass is 32.2. The van der Waals surface area contributed by atoms with Gasteiger partial charge in [-0.2, -0.15) is 4.72 Å². The number of benzene rings is 1. The van der Waals surface area contributed by atoms with Gasteiger partial charge in [0.25, 0.3) is 0 Å². The minimum Gasteiger partial charge on any atom is -0.465 e. The minimum atomic E-state index is -4.08. The zero-order chi connectivity index (χ0) is 16.0. The summed E-state index contributed by atoms with van der Waals surface area (Å²) in [6.07, 6.45) is 0. The normalized spacial score (nSPS) is 11.0. The van der Waals surface area contributed by atoms with Gasteiger partial charge in [0.1, 0.15) is 6.54 Å². The van der Waals surface area contributed by atoms with Crippen molar-refractivity contribution in [1.29, 1.82) is 0 Å². The molecule has 8 nitrogen and oxygen atoms in total. The van der Waals surface area contributed by atoms with Gasteiger partial charge in [-0.1, -0.05) is 0 Å². The number of rotatable bonds is 6. The Hall–Kier alpha value is -2.13. The van der Waals surface area contributed by atoms with Crippen LogP contribution in [0.5, 0.6) is 0 Å². The highest BCUT2D eigenvalue weighted by Crippen LogP contribution is 2.19. The summed E-state index contributed by atoms with van der Waals surface area (Å²) in [4.78, 5) is 22.5. The van der Waals surface area contributed by atoms with Crippen LogP contribution in [0.4, 0.5) is 5.69 Å². The van der Waals surface area contributed by atoms with E-state index in [0.29, 0.717) is 0 Å². The van der Waals surface area contributed by atoms with Crippen molar-refractivity contribution in [3.63, 3.8) is 0 Å². The highest BCUT2D eigenvalue weighted by molar-refractivity contribution is 7.89. The molecule has 0 amide bonds. The average Bonchev–Trinajstić information content (AvgIpc) is 2.44. The van der Waals surface area contributed by atoms with E-state index in [1.807, 2.05) is 4.72 Å². The summed E-state index contributed by atoms with van der Waals surface area (Å²) >= 11 is 0. The van der Waals surface area contributed by atoms with Crippen LogP contribution in [0.25, 0.3) is 0 Å². The molecule has 0 atom stereocenters. The first-order valence-corrected chi connectivity index (χ1v) is 7.43. The van der Waals surface area contributed by atoms with Gasteiger partial charge in [-0.15, -0.1) is 0 Å². The number of esters is 2. The van der Waals surface area contributed by atoms with Gasteiger partial charge in [0.15, 0.2) is 0 Å². The average molecular weight is 316 g/mol. The molecule has 9 heteroatoms. The Bertz CT molecular complexity index is 641. The van der Waals surface area contributed by atoms with Crippen LogP contribution in [0, 0.1) is 0 Å². The van der Waals surface area contributed by atoms with Crippen LogP contribution in [-0.2, 0) is 24.3 Å². The maximum absolute atomic E-state index is 12.1. The molecule has 0 bridgehead atoms. The molecule has 3 N–H and O–H groups in total. The van der Waals surface area contributed by atoms with E-state index < -0.39 is 28.5 Å². The van der Waals surface area contributed by atoms with Gasteiger partial charge in [-0.25, -0.2) is 13.2 Å². The van der Waals surface area contributed by atoms with E-state index in [0.717, 1.165) is 13.2 Å². The lowest BCUT2D eigenvalue weighted by molar-refractivity contribution is -0.141. The molecule has 1 rings (SSSR count). The number of hydrogen-bond acceptors (Lipinski definition) is 7. The van der Waals surface area contributed by atoms with Gasteiger partial charge in [-0.05, 0) is 25.1 Å². The second kappa shape index (κ2) is 7.04. The van der Waals surface area contributed by atoms with Crippen LogP contribution in [-0.4, -0.2) is 40.6 Å². The van der Waals surface area contributed by atoms with Crippen molar-refractivity contribution in [2.24, 2.45) is 0 Å². The van der Waals surface area contributed by atoms with Gasteiger partial charge in [0.05, 0.1) is 24.2 Å². The van der Waals surface area contributed by atoms with Crippen molar-refractivity contribution in [3.05, 3.63) is 23.8 Å². The lowest BCUT2D eigenvalue weighted by Crippen LogP contribution is -2.31. The van der Waals surface area contributed by atoms with Crippen molar-refractivity contribution in [1.82, 2.24) is 4.72 Å². The quantitative estimate of drug-likeness (QED) is 0.554. The van der Waals surface area contributed by atoms with Crippen LogP contribution in [0.2, 0.25) is 0 Å². The van der Waals surface area contributed by atoms with E-state index >= 15 is 0 Å². The third kappa shape index (κ3) is 4.43. The number of methoxy groups -OCH3 is 1. The lowest BCUT2D eigenvalue weighted by Gasteiger charge is -2.10. The van der Waals surface area contributed by atoms with Crippen molar-refractivity contribution >= 4 is 27.6 Å². The second-order valence-corrected chi connectivity index (χ2v) is 5.61. The van der Waals surface area contributed by atoms with Crippen molar-refractivity contribution in [3.8, 4) is 0 Å². The summed E-state index contributed by atoms with van der Waals surface area (Å²) in [5.41, 5.74) is 5.52. The van der Waals surface area contributed by atoms with Crippen LogP contribution >= 0.6 is 0 Å². The molecule has 0 aliphatic rings. The predicted molar refractivity (Wildman–Crippen MR) is 74.0 cm³/mol. The topological polar surface area (TPSA) is 125 Å². The number of anilines is 1. The van der Waals surface area contributed by atoms with E-state index in [1.165, 1.54) is 12.1 Å². The summed E-state index contributed by atoms with van der Waals surface area (Å²) in [6, 6.07) is 3.67. The number of carbonyl (C=O) groups is 2. The van der Waals surface area contributed by atoms with Crippen molar-refractivity contribution in [2.75, 3.05) is 26.0 Å². The molecule has 0 fully saturated rings. The number of ether oxygens (including phenoxy) is 2. The molecule has 1 aromatic rings. The summed E-state index contributed by atoms with van der Waals surface area (Å²) in [5, 5.41) is 0. The number of nitrogen functional groups attached to an aromatic ring is 1. The molecule has 0 heterocycles. The minimum absolute atomic E-state index is 0.135. The first-order valence-electron chi connectivity index (χ1n) is 5.95. The number of nitrogens with one attached hydrogen (secondary N) is 1. The summed E-state index contributed by atoms with van der Waals surface area (Å²) < 4.78 is 35.4. The van der Waals surface area contributed by atoms with Gasteiger partial charge in [0.2, 0.25) is 10.0 Å². The molecule has 21 heavy (non-hydrogen) atoms. The Morgan fingerprint density at radius 3 is 2.57 bits per heavy atom. The van der Waals surface area contributed by atoms with E-state index in [1.54, 1.807) is 6.92 Å². The Labute approximate surface area is 122 Å². The largest absolute Gasteiger partial charge is 0.465 e. The third-order valence-electron chi connectivity index (χ3n) is 2.41. The van der Waals surface area contributed by atoms with E-state index in [4.69, 9.17) is 5.73 Å². The second-order valence-electron chi connectivity index (χ2n) is 3.88. The Morgan fingerprint density at radius 1 is 1.33 bits per heavy atom. The maximum atomic E-state index is 12.1. The van der Waals surface area contributed by atoms with Crippen molar-refractivity contribution < 1.29 is 27.5 Å². The zero-order valence-electron chi connectivity index (χ0n) is 11.6. The molecule has 0 spiro atoms. The molecule has 0 saturated carbocycles. The SMILES string of the molecule is CCOC(=O)CNS(=O)(=O)c1ccc(N)cc1C(=O)OC. The van der Waals surface area contributed by atoms with Crippen molar-refractivity contribution in [2.45, 2.75) is 11.8 Å². The molecule has 0 aliphatic heterocycles. The number of nitrogens with two attached hydrogens (primary N) is 1. The molecular weight excluding hydrogens is 300 g/mol. The first-order chi connectivity index (χ1) is 9.81. The molecule has 0 saturated heterocycles. The highest BCUT2D eigenvalue weighted by Gasteiger charge is 2.24. The zero-order valence-corrected chi connectivity index (χ0v) is 12.4. The Morgan fingerprint density at radius 2 is 2.00 bits per heavy atom. The molecule has 0 aliphatic carbocycles. The smallest absolute Gasteiger partial charge is 0.339 e. The fraction of sp³-hybridized carbons (Fsp3) is 0.333. The monoisotopic (exact) mass is 316 g/mol. The summed E-state index contributed by atoms with van der Waals surface area (Å²) in [6.45, 7) is 1.19. The molecule has 1 aromatic carbocycles. The molecule has 0 unspecified atom stereocenters. The van der Waals surface area contributed by atoms with Gasteiger partial charge in [-0.3, -0.25) is 4.79 Å². The Balaban J connectivity index is 3.08. The van der Waals surface area contributed by atoms with Gasteiger partial charge < -0.3 is 15.2 Å². The Kier molecular flexibility index (Phi) is 5.68. The first kappa shape index (κ1) is 16.9. The van der Waals surface area contributed by atoms with Crippen LogP contribution < -0.4 is 10.5 Å². The summed E-state index contributed by atoms with van der Waals surface area (Å²) in [5.74, 6) is -1.57. The third-order valence-corrected chi connectivity index (χ3v) is 3.87. The van der Waals surface area contributed by atoms with E-state index in [2.05, 4.69) is 9.47 Å². The summed E-state index contributed by atoms with van der Waals surface area (Å²) in [7, 11) is -2.96. The van der Waals surface area contributed by atoms with Crippen LogP contribution in [0.3, 0.4) is 0 Å². The predicted octanol–water partition coefficient (Wildman–Crippen LogP) is -0.103. The molecule has 0 radical (unpaired) electrons. The molecule has 116 valence electrons. The fourth-order valence-electron chi connectivity index (χ4n) is 1.50. The number of sulfonamides is 1. The van der Waals surface area contributed by atoms with E-state index in [-0.39, 0.29) is 22.8 Å². The van der Waals surface area contributed by atoms with Gasteiger partial charge >= 0.3 is 11.9 Å². The van der Waals surface area contributed by atoms with E-state index in [9.17, 15) is 18.0 Å². The lowest BCUT2D eigenvalue weighted by atomic mass is 10.2. The standard InChI is InChI=1S/C12H16N2O6S/c1-3-20-11(15)7-14-21(17,18)10-5-4-8(13)6-9(10)12(16)19-2/h4-6,14H,3,7,13H2,1-2H3. The maximum Gasteiger partial charge on any atom is 0.339 e. The number of carbonyl (C=O) groups excluding carboxylic acids is 2. The number of hydrogen-bond donors (Lipinski definition) is 2. The van der Waals surface area contributed by atoms with Crippen LogP contribution in [0.15, 0.2) is 23.1 Å². The van der Waals surface area contributed by atoms with Gasteiger partial charge in [0, 0.05) is 5.69 Å². The molecular formula is C12H16N2O6S.